The lowest BCUT2D eigenvalue weighted by molar-refractivity contribution is -0.142. The van der Waals surface area contributed by atoms with Crippen LogP contribution in [0, 0.1) is 5.82 Å². The summed E-state index contributed by atoms with van der Waals surface area (Å²) in [6, 6.07) is 8.69. The molecule has 0 radical (unpaired) electrons. The number of carbonyl (C=O) groups is 1. The average molecular weight is 395 g/mol. The van der Waals surface area contributed by atoms with Crippen LogP contribution >= 0.6 is 11.6 Å². The van der Waals surface area contributed by atoms with Crippen LogP contribution < -0.4 is 0 Å². The van der Waals surface area contributed by atoms with Crippen molar-refractivity contribution in [2.75, 3.05) is 26.2 Å². The lowest BCUT2D eigenvalue weighted by Gasteiger charge is -2.21. The Kier molecular flexibility index (Phi) is 6.88. The van der Waals surface area contributed by atoms with E-state index in [1.165, 1.54) is 13.0 Å². The summed E-state index contributed by atoms with van der Waals surface area (Å²) in [6.07, 6.45) is 1.05. The third-order valence-corrected chi connectivity index (χ3v) is 4.88. The molecule has 0 atom stereocenters. The molecule has 146 valence electrons. The van der Waals surface area contributed by atoms with Crippen LogP contribution in [0.5, 0.6) is 0 Å². The molecule has 7 heteroatoms. The van der Waals surface area contributed by atoms with Gasteiger partial charge in [0.1, 0.15) is 23.9 Å². The van der Waals surface area contributed by atoms with Gasteiger partial charge in [0.15, 0.2) is 0 Å². The molecule has 0 saturated carbocycles. The van der Waals surface area contributed by atoms with Crippen molar-refractivity contribution in [1.29, 1.82) is 0 Å². The van der Waals surface area contributed by atoms with E-state index in [4.69, 9.17) is 20.8 Å². The highest BCUT2D eigenvalue weighted by atomic mass is 35.5. The summed E-state index contributed by atoms with van der Waals surface area (Å²) in [5.41, 5.74) is 1.02. The molecule has 1 saturated heterocycles. The van der Waals surface area contributed by atoms with E-state index in [1.807, 2.05) is 12.1 Å². The first-order valence-corrected chi connectivity index (χ1v) is 9.47. The van der Waals surface area contributed by atoms with Gasteiger partial charge in [0, 0.05) is 26.6 Å². The molecule has 1 aromatic carbocycles. The second-order valence-electron chi connectivity index (χ2n) is 6.80. The molecule has 1 aliphatic rings. The minimum Gasteiger partial charge on any atom is -0.461 e. The number of furan rings is 1. The number of nitrogens with zero attached hydrogens (tertiary/aromatic N) is 2. The zero-order valence-electron chi connectivity index (χ0n) is 15.4. The summed E-state index contributed by atoms with van der Waals surface area (Å²) in [5.74, 6) is 0.831. The average Bonchev–Trinajstić information content (AvgIpc) is 2.96. The van der Waals surface area contributed by atoms with Crippen LogP contribution in [-0.2, 0) is 29.2 Å². The van der Waals surface area contributed by atoms with Gasteiger partial charge >= 0.3 is 5.97 Å². The van der Waals surface area contributed by atoms with Gasteiger partial charge in [-0.2, -0.15) is 0 Å². The predicted molar refractivity (Wildman–Crippen MR) is 101 cm³/mol. The molecule has 0 spiro atoms. The summed E-state index contributed by atoms with van der Waals surface area (Å²) in [4.78, 5) is 15.6. The first-order chi connectivity index (χ1) is 13.0. The molecule has 27 heavy (non-hydrogen) atoms. The number of ether oxygens (including phenoxy) is 1. The first-order valence-electron chi connectivity index (χ1n) is 9.09. The van der Waals surface area contributed by atoms with Crippen molar-refractivity contribution < 1.29 is 18.3 Å². The standard InChI is InChI=1S/C20H24ClFN2O3/c1-15(25)26-14-18-5-4-17(27-18)13-24-8-2-7-23(9-10-24)12-16-3-6-20(22)19(21)11-16/h3-6,11H,2,7-10,12-14H2,1H3. The number of halogens is 2. The molecule has 1 fully saturated rings. The molecule has 1 aromatic heterocycles. The largest absolute Gasteiger partial charge is 0.461 e. The maximum Gasteiger partial charge on any atom is 0.303 e. The number of benzene rings is 1. The van der Waals surface area contributed by atoms with Crippen molar-refractivity contribution in [3.05, 3.63) is 58.3 Å². The van der Waals surface area contributed by atoms with E-state index in [1.54, 1.807) is 12.1 Å². The fourth-order valence-corrected chi connectivity index (χ4v) is 3.42. The molecule has 2 aromatic rings. The second-order valence-corrected chi connectivity index (χ2v) is 7.21. The lowest BCUT2D eigenvalue weighted by Crippen LogP contribution is -2.30. The maximum absolute atomic E-state index is 13.3. The number of esters is 1. The van der Waals surface area contributed by atoms with Gasteiger partial charge in [0.2, 0.25) is 0 Å². The van der Waals surface area contributed by atoms with Gasteiger partial charge in [0.05, 0.1) is 11.6 Å². The van der Waals surface area contributed by atoms with Crippen molar-refractivity contribution in [1.82, 2.24) is 9.80 Å². The van der Waals surface area contributed by atoms with E-state index in [0.29, 0.717) is 5.76 Å². The first kappa shape index (κ1) is 19.9. The molecule has 5 nitrogen and oxygen atoms in total. The normalized spacial score (nSPS) is 16.3. The molecule has 0 amide bonds. The highest BCUT2D eigenvalue weighted by molar-refractivity contribution is 6.30. The summed E-state index contributed by atoms with van der Waals surface area (Å²) in [7, 11) is 0. The van der Waals surface area contributed by atoms with Gasteiger partial charge < -0.3 is 9.15 Å². The third kappa shape index (κ3) is 6.06. The van der Waals surface area contributed by atoms with Crippen molar-refractivity contribution in [2.45, 2.75) is 33.0 Å². The Bertz CT molecular complexity index is 780. The highest BCUT2D eigenvalue weighted by Crippen LogP contribution is 2.18. The zero-order valence-corrected chi connectivity index (χ0v) is 16.2. The van der Waals surface area contributed by atoms with Crippen LogP contribution in [-0.4, -0.2) is 41.9 Å². The van der Waals surface area contributed by atoms with Gasteiger partial charge in [-0.1, -0.05) is 17.7 Å². The van der Waals surface area contributed by atoms with E-state index in [-0.39, 0.29) is 23.4 Å². The molecule has 2 heterocycles. The molecule has 1 aliphatic heterocycles. The highest BCUT2D eigenvalue weighted by Gasteiger charge is 2.17. The predicted octanol–water partition coefficient (Wildman–Crippen LogP) is 3.84. The Balaban J connectivity index is 1.49. The van der Waals surface area contributed by atoms with Crippen molar-refractivity contribution in [3.63, 3.8) is 0 Å². The molecular weight excluding hydrogens is 371 g/mol. The van der Waals surface area contributed by atoms with Crippen LogP contribution in [0.2, 0.25) is 5.02 Å². The van der Waals surface area contributed by atoms with Gasteiger partial charge in [-0.05, 0) is 49.3 Å². The van der Waals surface area contributed by atoms with Gasteiger partial charge in [-0.3, -0.25) is 14.6 Å². The van der Waals surface area contributed by atoms with E-state index >= 15 is 0 Å². The summed E-state index contributed by atoms with van der Waals surface area (Å²) < 4.78 is 24.0. The van der Waals surface area contributed by atoms with E-state index < -0.39 is 0 Å². The second kappa shape index (κ2) is 9.35. The van der Waals surface area contributed by atoms with E-state index in [9.17, 15) is 9.18 Å². The van der Waals surface area contributed by atoms with Crippen LogP contribution in [0.25, 0.3) is 0 Å². The number of hydrogen-bond acceptors (Lipinski definition) is 5. The van der Waals surface area contributed by atoms with Crippen LogP contribution in [0.15, 0.2) is 34.7 Å². The van der Waals surface area contributed by atoms with Crippen LogP contribution in [0.3, 0.4) is 0 Å². The number of rotatable bonds is 6. The lowest BCUT2D eigenvalue weighted by atomic mass is 10.2. The SMILES string of the molecule is CC(=O)OCc1ccc(CN2CCCN(Cc3ccc(F)c(Cl)c3)CC2)o1. The Hall–Kier alpha value is -1.89. The summed E-state index contributed by atoms with van der Waals surface area (Å²) >= 11 is 5.88. The monoisotopic (exact) mass is 394 g/mol. The Labute approximate surface area is 163 Å². The number of carbonyl (C=O) groups excluding carboxylic acids is 1. The van der Waals surface area contributed by atoms with Crippen LogP contribution in [0.4, 0.5) is 4.39 Å². The molecule has 0 aliphatic carbocycles. The number of hydrogen-bond donors (Lipinski definition) is 0. The topological polar surface area (TPSA) is 45.9 Å². The Morgan fingerprint density at radius 1 is 1.11 bits per heavy atom. The van der Waals surface area contributed by atoms with Gasteiger partial charge in [0.25, 0.3) is 0 Å². The molecule has 0 bridgehead atoms. The Morgan fingerprint density at radius 3 is 2.52 bits per heavy atom. The maximum atomic E-state index is 13.3. The van der Waals surface area contributed by atoms with Crippen molar-refractivity contribution in [2.24, 2.45) is 0 Å². The van der Waals surface area contributed by atoms with Gasteiger partial charge in [-0.15, -0.1) is 0 Å². The van der Waals surface area contributed by atoms with E-state index in [0.717, 1.165) is 57.0 Å². The molecular formula is C20H24ClFN2O3. The summed E-state index contributed by atoms with van der Waals surface area (Å²) in [5, 5.41) is 0.173. The fourth-order valence-electron chi connectivity index (χ4n) is 3.21. The smallest absolute Gasteiger partial charge is 0.303 e. The van der Waals surface area contributed by atoms with Crippen molar-refractivity contribution in [3.8, 4) is 0 Å². The van der Waals surface area contributed by atoms with Crippen molar-refractivity contribution >= 4 is 17.6 Å². The van der Waals surface area contributed by atoms with E-state index in [2.05, 4.69) is 9.80 Å². The fraction of sp³-hybridized carbons (Fsp3) is 0.450. The van der Waals surface area contributed by atoms with Crippen LogP contribution in [0.1, 0.15) is 30.4 Å². The molecule has 0 unspecified atom stereocenters. The minimum atomic E-state index is -0.381. The zero-order chi connectivity index (χ0) is 19.2. The molecule has 0 N–H and O–H groups in total. The third-order valence-electron chi connectivity index (χ3n) is 4.59. The quantitative estimate of drug-likeness (QED) is 0.696. The minimum absolute atomic E-state index is 0.170. The summed E-state index contributed by atoms with van der Waals surface area (Å²) in [6.45, 7) is 6.88. The Morgan fingerprint density at radius 2 is 1.81 bits per heavy atom. The van der Waals surface area contributed by atoms with Gasteiger partial charge in [-0.25, -0.2) is 4.39 Å². The molecule has 3 rings (SSSR count).